The molecule has 2 heterocycles. The maximum atomic E-state index is 13.2. The molecule has 1 atom stereocenters. The number of hydrogen-bond acceptors (Lipinski definition) is 4. The molecule has 0 saturated carbocycles. The van der Waals surface area contributed by atoms with Crippen LogP contribution in [0.1, 0.15) is 23.1 Å². The average Bonchev–Trinajstić information content (AvgIpc) is 3.05. The number of alkyl halides is 6. The summed E-state index contributed by atoms with van der Waals surface area (Å²) in [5, 5.41) is 3.09. The van der Waals surface area contributed by atoms with E-state index in [0.29, 0.717) is 0 Å². The minimum Gasteiger partial charge on any atom is -0.364 e. The molecule has 1 unspecified atom stereocenters. The molecule has 32 heavy (non-hydrogen) atoms. The summed E-state index contributed by atoms with van der Waals surface area (Å²) in [6, 6.07) is 7.54. The first-order chi connectivity index (χ1) is 15.0. The summed E-state index contributed by atoms with van der Waals surface area (Å²) in [6.45, 7) is -0.148. The van der Waals surface area contributed by atoms with E-state index in [1.165, 1.54) is 35.5 Å². The second-order valence-corrected chi connectivity index (χ2v) is 7.43. The minimum absolute atomic E-state index is 0.0291. The molecule has 1 saturated heterocycles. The van der Waals surface area contributed by atoms with Crippen LogP contribution >= 0.6 is 0 Å². The third-order valence-electron chi connectivity index (χ3n) is 5.20. The van der Waals surface area contributed by atoms with Crippen molar-refractivity contribution in [3.8, 4) is 0 Å². The van der Waals surface area contributed by atoms with Gasteiger partial charge in [-0.15, -0.1) is 0 Å². The topological polar surface area (TPSA) is 58.1 Å². The van der Waals surface area contributed by atoms with Crippen LogP contribution in [-0.4, -0.2) is 33.4 Å². The monoisotopic (exact) mass is 454 g/mol. The Morgan fingerprint density at radius 3 is 2.47 bits per heavy atom. The van der Waals surface area contributed by atoms with Crippen LogP contribution in [0, 0.1) is 0 Å². The Hall–Kier alpha value is -3.37. The normalized spacial score (nSPS) is 17.2. The molecule has 11 heteroatoms. The van der Waals surface area contributed by atoms with Crippen LogP contribution in [-0.2, 0) is 23.7 Å². The molecule has 1 aliphatic rings. The summed E-state index contributed by atoms with van der Waals surface area (Å²) in [4.78, 5) is 21.7. The van der Waals surface area contributed by atoms with Gasteiger partial charge in [-0.25, -0.2) is 9.97 Å². The lowest BCUT2D eigenvalue weighted by Crippen LogP contribution is -2.28. The number of aromatic nitrogens is 2. The lowest BCUT2D eigenvalue weighted by atomic mass is 10.1. The van der Waals surface area contributed by atoms with Gasteiger partial charge < -0.3 is 10.2 Å². The Balaban J connectivity index is 1.54. The van der Waals surface area contributed by atoms with E-state index in [-0.39, 0.29) is 47.7 Å². The van der Waals surface area contributed by atoms with Crippen molar-refractivity contribution in [1.29, 1.82) is 0 Å². The Labute approximate surface area is 178 Å². The summed E-state index contributed by atoms with van der Waals surface area (Å²) < 4.78 is 79.0. The number of carbonyl (C=O) groups is 1. The van der Waals surface area contributed by atoms with E-state index < -0.39 is 29.5 Å². The molecule has 1 aliphatic heterocycles. The van der Waals surface area contributed by atoms with Gasteiger partial charge >= 0.3 is 12.4 Å². The highest BCUT2D eigenvalue weighted by molar-refractivity contribution is 5.90. The number of likely N-dealkylation sites (tertiary alicyclic amines) is 1. The van der Waals surface area contributed by atoms with E-state index >= 15 is 0 Å². The SMILES string of the molecule is O=C1CC(Nc2ncnc3ccc(C(F)(F)F)cc23)CN1Cc1ccccc1C(F)(F)F. The molecular weight excluding hydrogens is 438 g/mol. The largest absolute Gasteiger partial charge is 0.416 e. The van der Waals surface area contributed by atoms with Gasteiger partial charge in [0, 0.05) is 24.9 Å². The third kappa shape index (κ3) is 4.46. The zero-order valence-corrected chi connectivity index (χ0v) is 16.3. The maximum Gasteiger partial charge on any atom is 0.416 e. The highest BCUT2D eigenvalue weighted by Gasteiger charge is 2.36. The Morgan fingerprint density at radius 2 is 1.75 bits per heavy atom. The Kier molecular flexibility index (Phi) is 5.43. The number of carbonyl (C=O) groups excluding carboxylic acids is 1. The van der Waals surface area contributed by atoms with Crippen molar-refractivity contribution < 1.29 is 31.1 Å². The Bertz CT molecular complexity index is 1160. The molecule has 3 aromatic rings. The number of benzene rings is 2. The fourth-order valence-corrected chi connectivity index (χ4v) is 3.70. The van der Waals surface area contributed by atoms with Gasteiger partial charge in [-0.1, -0.05) is 18.2 Å². The summed E-state index contributed by atoms with van der Waals surface area (Å²) >= 11 is 0. The highest BCUT2D eigenvalue weighted by atomic mass is 19.4. The molecule has 0 spiro atoms. The molecule has 4 rings (SSSR count). The van der Waals surface area contributed by atoms with E-state index in [9.17, 15) is 31.1 Å². The molecular formula is C21H16F6N4O. The van der Waals surface area contributed by atoms with Crippen molar-refractivity contribution in [3.63, 3.8) is 0 Å². The third-order valence-corrected chi connectivity index (χ3v) is 5.20. The van der Waals surface area contributed by atoms with Crippen LogP contribution in [0.4, 0.5) is 32.2 Å². The van der Waals surface area contributed by atoms with Gasteiger partial charge in [0.25, 0.3) is 0 Å². The maximum absolute atomic E-state index is 13.2. The van der Waals surface area contributed by atoms with E-state index in [1.807, 2.05) is 0 Å². The number of anilines is 1. The number of nitrogens with zero attached hydrogens (tertiary/aromatic N) is 3. The lowest BCUT2D eigenvalue weighted by Gasteiger charge is -2.20. The van der Waals surface area contributed by atoms with Crippen LogP contribution < -0.4 is 5.32 Å². The van der Waals surface area contributed by atoms with E-state index in [0.717, 1.165) is 18.2 Å². The molecule has 1 N–H and O–H groups in total. The lowest BCUT2D eigenvalue weighted by molar-refractivity contribution is -0.139. The quantitative estimate of drug-likeness (QED) is 0.571. The van der Waals surface area contributed by atoms with Crippen LogP contribution in [0.2, 0.25) is 0 Å². The van der Waals surface area contributed by atoms with Crippen LogP contribution in [0.5, 0.6) is 0 Å². The highest BCUT2D eigenvalue weighted by Crippen LogP contribution is 2.34. The number of halogens is 6. The second-order valence-electron chi connectivity index (χ2n) is 7.43. The smallest absolute Gasteiger partial charge is 0.364 e. The molecule has 1 aromatic heterocycles. The van der Waals surface area contributed by atoms with Crippen LogP contribution in [0.3, 0.4) is 0 Å². The predicted molar refractivity (Wildman–Crippen MR) is 103 cm³/mol. The molecule has 168 valence electrons. The zero-order valence-electron chi connectivity index (χ0n) is 16.3. The number of hydrogen-bond donors (Lipinski definition) is 1. The van der Waals surface area contributed by atoms with Crippen molar-refractivity contribution in [1.82, 2.24) is 14.9 Å². The van der Waals surface area contributed by atoms with Gasteiger partial charge in [0.15, 0.2) is 0 Å². The predicted octanol–water partition coefficient (Wildman–Crippen LogP) is 4.88. The number of amides is 1. The van der Waals surface area contributed by atoms with Gasteiger partial charge in [-0.2, -0.15) is 26.3 Å². The summed E-state index contributed by atoms with van der Waals surface area (Å²) in [6.07, 6.45) is -7.94. The van der Waals surface area contributed by atoms with E-state index in [1.54, 1.807) is 0 Å². The molecule has 0 aliphatic carbocycles. The van der Waals surface area contributed by atoms with Gasteiger partial charge in [-0.05, 0) is 29.8 Å². The first-order valence-corrected chi connectivity index (χ1v) is 9.54. The van der Waals surface area contributed by atoms with Crippen molar-refractivity contribution >= 4 is 22.6 Å². The fourth-order valence-electron chi connectivity index (χ4n) is 3.70. The van der Waals surface area contributed by atoms with Crippen molar-refractivity contribution in [3.05, 3.63) is 65.5 Å². The number of fused-ring (bicyclic) bond motifs is 1. The first kappa shape index (κ1) is 21.8. The van der Waals surface area contributed by atoms with Gasteiger partial charge in [0.2, 0.25) is 5.91 Å². The molecule has 5 nitrogen and oxygen atoms in total. The molecule has 1 amide bonds. The minimum atomic E-state index is -4.55. The number of rotatable bonds is 4. The number of nitrogens with one attached hydrogen (secondary N) is 1. The van der Waals surface area contributed by atoms with E-state index in [4.69, 9.17) is 0 Å². The van der Waals surface area contributed by atoms with Crippen LogP contribution in [0.15, 0.2) is 48.8 Å². The van der Waals surface area contributed by atoms with Crippen molar-refractivity contribution in [2.24, 2.45) is 0 Å². The molecule has 1 fully saturated rings. The average molecular weight is 454 g/mol. The zero-order chi connectivity index (χ0) is 23.1. The van der Waals surface area contributed by atoms with Gasteiger partial charge in [-0.3, -0.25) is 4.79 Å². The van der Waals surface area contributed by atoms with Gasteiger partial charge in [0.05, 0.1) is 22.7 Å². The molecule has 0 bridgehead atoms. The van der Waals surface area contributed by atoms with E-state index in [2.05, 4.69) is 15.3 Å². The van der Waals surface area contributed by atoms with Crippen molar-refractivity contribution in [2.75, 3.05) is 11.9 Å². The van der Waals surface area contributed by atoms with Crippen LogP contribution in [0.25, 0.3) is 10.9 Å². The standard InChI is InChI=1S/C21H16F6N4O/c22-20(23,24)13-5-6-17-15(7-13)19(29-11-28-17)30-14-8-18(32)31(10-14)9-12-3-1-2-4-16(12)21(25,26)27/h1-7,11,14H,8-10H2,(H,28,29,30). The summed E-state index contributed by atoms with van der Waals surface area (Å²) in [5.41, 5.74) is -1.42. The molecule has 0 radical (unpaired) electrons. The Morgan fingerprint density at radius 1 is 1.00 bits per heavy atom. The van der Waals surface area contributed by atoms with Crippen molar-refractivity contribution in [2.45, 2.75) is 31.4 Å². The summed E-state index contributed by atoms with van der Waals surface area (Å²) in [7, 11) is 0. The molecule has 2 aromatic carbocycles. The summed E-state index contributed by atoms with van der Waals surface area (Å²) in [5.74, 6) is -0.245. The fraction of sp³-hybridized carbons (Fsp3) is 0.286. The second kappa shape index (κ2) is 7.95. The first-order valence-electron chi connectivity index (χ1n) is 9.54. The van der Waals surface area contributed by atoms with Gasteiger partial charge in [0.1, 0.15) is 12.1 Å².